The van der Waals surface area contributed by atoms with E-state index in [9.17, 15) is 10.2 Å². The molecular weight excluding hydrogens is 292 g/mol. The van der Waals surface area contributed by atoms with Crippen molar-refractivity contribution in [2.24, 2.45) is 0 Å². The first-order valence-electron chi connectivity index (χ1n) is 7.50. The number of hydrogen-bond acceptors (Lipinski definition) is 6. The van der Waals surface area contributed by atoms with Crippen molar-refractivity contribution in [1.29, 1.82) is 0 Å². The van der Waals surface area contributed by atoms with Gasteiger partial charge < -0.3 is 31.9 Å². The average Bonchev–Trinajstić information content (AvgIpc) is 2.48. The summed E-state index contributed by atoms with van der Waals surface area (Å²) in [5.41, 5.74) is 15.6. The number of hydrogen-bond donors (Lipinski definition) is 5. The van der Waals surface area contributed by atoms with Gasteiger partial charge in [-0.3, -0.25) is 0 Å². The van der Waals surface area contributed by atoms with Crippen molar-refractivity contribution in [3.05, 3.63) is 48.0 Å². The van der Waals surface area contributed by atoms with Crippen LogP contribution in [0.5, 0.6) is 0 Å². The maximum atomic E-state index is 9.82. The van der Waals surface area contributed by atoms with Gasteiger partial charge in [-0.1, -0.05) is 6.07 Å². The molecule has 0 aliphatic rings. The van der Waals surface area contributed by atoms with Gasteiger partial charge in [0.15, 0.2) is 0 Å². The van der Waals surface area contributed by atoms with Gasteiger partial charge in [0.25, 0.3) is 0 Å². The van der Waals surface area contributed by atoms with Gasteiger partial charge in [-0.15, -0.1) is 0 Å². The van der Waals surface area contributed by atoms with Crippen molar-refractivity contribution in [3.8, 4) is 0 Å². The van der Waals surface area contributed by atoms with Crippen LogP contribution in [-0.4, -0.2) is 22.7 Å². The van der Waals surface area contributed by atoms with Crippen LogP contribution >= 0.6 is 0 Å². The van der Waals surface area contributed by atoms with E-state index in [0.717, 1.165) is 16.9 Å². The lowest BCUT2D eigenvalue weighted by atomic mass is 10.1. The summed E-state index contributed by atoms with van der Waals surface area (Å²) in [5.74, 6) is 0. The number of nitrogens with two attached hydrogens (primary N) is 2. The van der Waals surface area contributed by atoms with E-state index < -0.39 is 12.5 Å². The maximum absolute atomic E-state index is 9.82. The molecule has 2 aromatic rings. The third-order valence-electron chi connectivity index (χ3n) is 3.60. The highest BCUT2D eigenvalue weighted by atomic mass is 16.3. The van der Waals surface area contributed by atoms with Crippen LogP contribution in [-0.2, 0) is 6.54 Å². The van der Waals surface area contributed by atoms with E-state index in [2.05, 4.69) is 5.32 Å². The molecule has 2 aromatic carbocycles. The Morgan fingerprint density at radius 3 is 2.39 bits per heavy atom. The largest absolute Gasteiger partial charge is 0.399 e. The van der Waals surface area contributed by atoms with Crippen LogP contribution in [0.3, 0.4) is 0 Å². The van der Waals surface area contributed by atoms with Gasteiger partial charge >= 0.3 is 0 Å². The normalized spacial score (nSPS) is 13.4. The molecule has 0 fully saturated rings. The maximum Gasteiger partial charge on any atom is 0.126 e. The Morgan fingerprint density at radius 1 is 1.04 bits per heavy atom. The number of nitrogens with one attached hydrogen (secondary N) is 1. The van der Waals surface area contributed by atoms with Gasteiger partial charge in [0.1, 0.15) is 12.5 Å². The summed E-state index contributed by atoms with van der Waals surface area (Å²) in [6, 6.07) is 12.9. The van der Waals surface area contributed by atoms with Crippen molar-refractivity contribution in [1.82, 2.24) is 0 Å². The average molecular weight is 316 g/mol. The highest BCUT2D eigenvalue weighted by Gasteiger charge is 2.16. The molecule has 0 bridgehead atoms. The summed E-state index contributed by atoms with van der Waals surface area (Å²) in [6.07, 6.45) is -1.59. The number of anilines is 4. The number of nitrogen functional groups attached to an aromatic ring is 2. The molecule has 0 spiro atoms. The van der Waals surface area contributed by atoms with Crippen LogP contribution in [0.2, 0.25) is 0 Å². The van der Waals surface area contributed by atoms with Crippen LogP contribution in [0.25, 0.3) is 0 Å². The van der Waals surface area contributed by atoms with Crippen LogP contribution in [0.1, 0.15) is 19.4 Å². The molecular formula is C17H24N4O2. The van der Waals surface area contributed by atoms with E-state index in [0.29, 0.717) is 17.9 Å². The molecule has 0 heterocycles. The number of benzene rings is 2. The van der Waals surface area contributed by atoms with Gasteiger partial charge in [-0.25, -0.2) is 0 Å². The molecule has 23 heavy (non-hydrogen) atoms. The van der Waals surface area contributed by atoms with Gasteiger partial charge in [0, 0.05) is 29.3 Å². The fraction of sp³-hybridized carbons (Fsp3) is 0.294. The molecule has 0 aliphatic carbocycles. The topological polar surface area (TPSA) is 108 Å². The van der Waals surface area contributed by atoms with Crippen molar-refractivity contribution >= 4 is 22.7 Å². The third kappa shape index (κ3) is 4.28. The highest BCUT2D eigenvalue weighted by molar-refractivity contribution is 5.60. The minimum atomic E-state index is -0.796. The Morgan fingerprint density at radius 2 is 1.74 bits per heavy atom. The summed E-state index contributed by atoms with van der Waals surface area (Å²) in [4.78, 5) is 1.51. The predicted octanol–water partition coefficient (Wildman–Crippen LogP) is 1.95. The molecule has 0 aromatic heterocycles. The predicted molar refractivity (Wildman–Crippen MR) is 94.9 cm³/mol. The van der Waals surface area contributed by atoms with Crippen LogP contribution < -0.4 is 21.7 Å². The SMILES string of the molecule is CC(O)N(c1cccc(NCc2cc(N)ccc2N)c1)C(C)O. The zero-order valence-corrected chi connectivity index (χ0v) is 13.4. The van der Waals surface area contributed by atoms with Gasteiger partial charge in [-0.05, 0) is 55.8 Å². The van der Waals surface area contributed by atoms with Crippen LogP contribution in [0, 0.1) is 0 Å². The smallest absolute Gasteiger partial charge is 0.126 e. The summed E-state index contributed by atoms with van der Waals surface area (Å²) >= 11 is 0. The Bertz CT molecular complexity index is 651. The van der Waals surface area contributed by atoms with E-state index in [1.54, 1.807) is 26.0 Å². The number of aliphatic hydroxyl groups is 2. The Kier molecular flexibility index (Phi) is 5.31. The molecule has 2 unspecified atom stereocenters. The fourth-order valence-corrected chi connectivity index (χ4v) is 2.50. The van der Waals surface area contributed by atoms with Gasteiger partial charge in [0.05, 0.1) is 0 Å². The second kappa shape index (κ2) is 7.21. The third-order valence-corrected chi connectivity index (χ3v) is 3.60. The summed E-state index contributed by atoms with van der Waals surface area (Å²) in [7, 11) is 0. The van der Waals surface area contributed by atoms with Crippen molar-refractivity contribution in [2.75, 3.05) is 21.7 Å². The number of aliphatic hydroxyl groups excluding tert-OH is 2. The Hall–Kier alpha value is -2.44. The standard InChI is InChI=1S/C17H24N4O2/c1-11(22)21(12(2)23)16-5-3-4-15(9-16)20-10-13-8-14(18)6-7-17(13)19/h3-9,11-12,20,22-23H,10,18-19H2,1-2H3. The van der Waals surface area contributed by atoms with E-state index in [1.807, 2.05) is 30.3 Å². The minimum absolute atomic E-state index is 0.531. The van der Waals surface area contributed by atoms with Crippen LogP contribution in [0.15, 0.2) is 42.5 Å². The van der Waals surface area contributed by atoms with Crippen molar-refractivity contribution in [3.63, 3.8) is 0 Å². The first kappa shape index (κ1) is 16.9. The minimum Gasteiger partial charge on any atom is -0.399 e. The first-order chi connectivity index (χ1) is 10.9. The fourth-order valence-electron chi connectivity index (χ4n) is 2.50. The van der Waals surface area contributed by atoms with E-state index >= 15 is 0 Å². The molecule has 6 heteroatoms. The van der Waals surface area contributed by atoms with Crippen molar-refractivity contribution in [2.45, 2.75) is 32.8 Å². The molecule has 0 amide bonds. The lowest BCUT2D eigenvalue weighted by molar-refractivity contribution is 0.105. The Balaban J connectivity index is 2.15. The number of rotatable bonds is 6. The quantitative estimate of drug-likeness (QED) is 0.412. The van der Waals surface area contributed by atoms with Gasteiger partial charge in [-0.2, -0.15) is 0 Å². The van der Waals surface area contributed by atoms with Crippen molar-refractivity contribution < 1.29 is 10.2 Å². The second-order valence-electron chi connectivity index (χ2n) is 5.53. The molecule has 2 rings (SSSR count). The molecule has 0 radical (unpaired) electrons. The molecule has 7 N–H and O–H groups in total. The Labute approximate surface area is 136 Å². The lowest BCUT2D eigenvalue weighted by Crippen LogP contribution is -2.40. The lowest BCUT2D eigenvalue weighted by Gasteiger charge is -2.30. The van der Waals surface area contributed by atoms with Crippen LogP contribution in [0.4, 0.5) is 22.7 Å². The molecule has 0 saturated carbocycles. The summed E-state index contributed by atoms with van der Waals surface area (Å²) < 4.78 is 0. The first-order valence-corrected chi connectivity index (χ1v) is 7.50. The van der Waals surface area contributed by atoms with E-state index in [1.165, 1.54) is 4.90 Å². The zero-order valence-electron chi connectivity index (χ0n) is 13.4. The molecule has 124 valence electrons. The van der Waals surface area contributed by atoms with Gasteiger partial charge in [0.2, 0.25) is 0 Å². The second-order valence-corrected chi connectivity index (χ2v) is 5.53. The monoisotopic (exact) mass is 316 g/mol. The molecule has 2 atom stereocenters. The summed E-state index contributed by atoms with van der Waals surface area (Å²) in [5, 5.41) is 22.9. The van der Waals surface area contributed by atoms with E-state index in [4.69, 9.17) is 11.5 Å². The molecule has 6 nitrogen and oxygen atoms in total. The highest BCUT2D eigenvalue weighted by Crippen LogP contribution is 2.24. The zero-order chi connectivity index (χ0) is 17.0. The number of nitrogens with zero attached hydrogens (tertiary/aromatic N) is 1. The molecule has 0 saturated heterocycles. The molecule has 0 aliphatic heterocycles. The summed E-state index contributed by atoms with van der Waals surface area (Å²) in [6.45, 7) is 3.75. The van der Waals surface area contributed by atoms with E-state index in [-0.39, 0.29) is 0 Å².